The number of aliphatic hydroxyl groups excluding tert-OH is 1. The quantitative estimate of drug-likeness (QED) is 0.686. The Kier molecular flexibility index (Phi) is 4.03. The van der Waals surface area contributed by atoms with Gasteiger partial charge in [0.05, 0.1) is 16.8 Å². The molecule has 0 unspecified atom stereocenters. The van der Waals surface area contributed by atoms with Crippen LogP contribution in [0.5, 0.6) is 0 Å². The minimum Gasteiger partial charge on any atom is -0.512 e. The van der Waals surface area contributed by atoms with Crippen molar-refractivity contribution >= 4 is 28.4 Å². The third kappa shape index (κ3) is 2.70. The summed E-state index contributed by atoms with van der Waals surface area (Å²) in [5.74, 6) is -0.623. The lowest BCUT2D eigenvalue weighted by Gasteiger charge is -2.34. The Balaban J connectivity index is 2.04. The summed E-state index contributed by atoms with van der Waals surface area (Å²) in [6.07, 6.45) is 0. The maximum atomic E-state index is 13.4. The van der Waals surface area contributed by atoms with Crippen LogP contribution < -0.4 is 5.32 Å². The van der Waals surface area contributed by atoms with Crippen LogP contribution in [-0.4, -0.2) is 32.5 Å². The third-order valence-corrected chi connectivity index (χ3v) is 4.84. The Labute approximate surface area is 156 Å². The van der Waals surface area contributed by atoms with Crippen molar-refractivity contribution < 1.29 is 14.7 Å². The summed E-state index contributed by atoms with van der Waals surface area (Å²) in [6.45, 7) is 2.96. The summed E-state index contributed by atoms with van der Waals surface area (Å²) in [7, 11) is 0. The van der Waals surface area contributed by atoms with Crippen molar-refractivity contribution in [1.82, 2.24) is 14.9 Å². The molecule has 1 amide bonds. The van der Waals surface area contributed by atoms with E-state index in [4.69, 9.17) is 0 Å². The summed E-state index contributed by atoms with van der Waals surface area (Å²) in [4.78, 5) is 29.8. The average Bonchev–Trinajstić information content (AvgIpc) is 3.03. The molecule has 6 heteroatoms. The second kappa shape index (κ2) is 6.39. The Morgan fingerprint density at radius 1 is 1.07 bits per heavy atom. The first-order chi connectivity index (χ1) is 13.0. The maximum Gasteiger partial charge on any atom is 0.256 e. The molecule has 0 bridgehead atoms. The number of hydrogen-bond acceptors (Lipinski definition) is 4. The zero-order valence-electron chi connectivity index (χ0n) is 15.0. The van der Waals surface area contributed by atoms with Crippen LogP contribution >= 0.6 is 0 Å². The van der Waals surface area contributed by atoms with Crippen molar-refractivity contribution in [2.24, 2.45) is 0 Å². The maximum absolute atomic E-state index is 13.4. The van der Waals surface area contributed by atoms with Gasteiger partial charge in [0.2, 0.25) is 5.91 Å². The molecule has 1 aromatic heterocycles. The Morgan fingerprint density at radius 3 is 2.41 bits per heavy atom. The van der Waals surface area contributed by atoms with Gasteiger partial charge in [0.25, 0.3) is 5.91 Å². The highest BCUT2D eigenvalue weighted by Gasteiger charge is 2.43. The molecule has 0 saturated heterocycles. The van der Waals surface area contributed by atoms with Crippen LogP contribution in [0.15, 0.2) is 60.4 Å². The van der Waals surface area contributed by atoms with Gasteiger partial charge in [0, 0.05) is 18.4 Å². The van der Waals surface area contributed by atoms with E-state index >= 15 is 0 Å². The fourth-order valence-electron chi connectivity index (χ4n) is 3.79. The molecule has 2 atom stereocenters. The standard InChI is InChI=1S/C21H19N3O3/c1-12(25)17-18(14-8-4-3-5-9-14)19(22-13(2)26)21(27)24-16-11-7-6-10-15(16)23-20(17)24/h3-11,18-19,25H,1-2H3,(H,22,26)/t18-,19+/m0/s1. The number of aliphatic hydroxyl groups is 1. The highest BCUT2D eigenvalue weighted by molar-refractivity contribution is 6.03. The van der Waals surface area contributed by atoms with Crippen molar-refractivity contribution in [3.05, 3.63) is 71.7 Å². The van der Waals surface area contributed by atoms with Crippen molar-refractivity contribution in [3.8, 4) is 0 Å². The smallest absolute Gasteiger partial charge is 0.256 e. The lowest BCUT2D eigenvalue weighted by molar-refractivity contribution is -0.119. The van der Waals surface area contributed by atoms with E-state index in [0.29, 0.717) is 22.4 Å². The number of allylic oxidation sites excluding steroid dienone is 1. The number of carbonyl (C=O) groups is 2. The largest absolute Gasteiger partial charge is 0.512 e. The molecule has 1 aliphatic heterocycles. The molecule has 0 saturated carbocycles. The van der Waals surface area contributed by atoms with E-state index in [2.05, 4.69) is 10.3 Å². The highest BCUT2D eigenvalue weighted by Crippen LogP contribution is 2.41. The van der Waals surface area contributed by atoms with Gasteiger partial charge in [0.15, 0.2) is 0 Å². The van der Waals surface area contributed by atoms with Gasteiger partial charge in [-0.15, -0.1) is 0 Å². The molecular weight excluding hydrogens is 342 g/mol. The number of imidazole rings is 1. The topological polar surface area (TPSA) is 84.2 Å². The Morgan fingerprint density at radius 2 is 1.74 bits per heavy atom. The van der Waals surface area contributed by atoms with Gasteiger partial charge in [-0.3, -0.25) is 14.2 Å². The predicted octanol–water partition coefficient (Wildman–Crippen LogP) is 3.27. The van der Waals surface area contributed by atoms with E-state index in [9.17, 15) is 14.7 Å². The van der Waals surface area contributed by atoms with Crippen molar-refractivity contribution in [1.29, 1.82) is 0 Å². The minimum atomic E-state index is -0.841. The zero-order chi connectivity index (χ0) is 19.1. The first-order valence-corrected chi connectivity index (χ1v) is 8.73. The van der Waals surface area contributed by atoms with Crippen LogP contribution in [0.3, 0.4) is 0 Å². The number of nitrogens with zero attached hydrogens (tertiary/aromatic N) is 2. The van der Waals surface area contributed by atoms with E-state index in [-0.39, 0.29) is 17.6 Å². The van der Waals surface area contributed by atoms with Gasteiger partial charge in [-0.05, 0) is 24.6 Å². The molecule has 2 N–H and O–H groups in total. The number of carbonyl (C=O) groups excluding carboxylic acids is 2. The van der Waals surface area contributed by atoms with Gasteiger partial charge in [0.1, 0.15) is 11.9 Å². The monoisotopic (exact) mass is 361 g/mol. The molecule has 1 aliphatic rings. The number of rotatable bonds is 2. The fourth-order valence-corrected chi connectivity index (χ4v) is 3.79. The lowest BCUT2D eigenvalue weighted by Crippen LogP contribution is -2.50. The highest BCUT2D eigenvalue weighted by atomic mass is 16.3. The number of nitrogens with one attached hydrogen (secondary N) is 1. The first-order valence-electron chi connectivity index (χ1n) is 8.73. The number of amides is 1. The van der Waals surface area contributed by atoms with E-state index < -0.39 is 12.0 Å². The molecular formula is C21H19N3O3. The second-order valence-electron chi connectivity index (χ2n) is 6.66. The number of hydrogen-bond donors (Lipinski definition) is 2. The molecule has 6 nitrogen and oxygen atoms in total. The van der Waals surface area contributed by atoms with Crippen LogP contribution in [-0.2, 0) is 4.79 Å². The average molecular weight is 361 g/mol. The molecule has 27 heavy (non-hydrogen) atoms. The summed E-state index contributed by atoms with van der Waals surface area (Å²) < 4.78 is 1.49. The Bertz CT molecular complexity index is 1080. The third-order valence-electron chi connectivity index (χ3n) is 4.84. The normalized spacial score (nSPS) is 21.0. The molecule has 0 spiro atoms. The van der Waals surface area contributed by atoms with E-state index in [0.717, 1.165) is 5.56 Å². The molecule has 0 radical (unpaired) electrons. The number of benzene rings is 2. The molecule has 4 rings (SSSR count). The predicted molar refractivity (Wildman–Crippen MR) is 102 cm³/mol. The second-order valence-corrected chi connectivity index (χ2v) is 6.66. The van der Waals surface area contributed by atoms with E-state index in [1.54, 1.807) is 6.92 Å². The Hall–Kier alpha value is -3.41. The number of para-hydroxylation sites is 2. The van der Waals surface area contributed by atoms with Crippen LogP contribution in [0.2, 0.25) is 0 Å². The summed E-state index contributed by atoms with van der Waals surface area (Å²) in [5, 5.41) is 13.3. The van der Waals surface area contributed by atoms with Crippen LogP contribution in [0.25, 0.3) is 16.6 Å². The van der Waals surface area contributed by atoms with Gasteiger partial charge in [-0.2, -0.15) is 0 Å². The van der Waals surface area contributed by atoms with E-state index in [1.807, 2.05) is 54.6 Å². The van der Waals surface area contributed by atoms with Crippen molar-refractivity contribution in [2.75, 3.05) is 0 Å². The zero-order valence-corrected chi connectivity index (χ0v) is 15.0. The van der Waals surface area contributed by atoms with Gasteiger partial charge < -0.3 is 10.4 Å². The number of fused-ring (bicyclic) bond motifs is 3. The fraction of sp³-hybridized carbons (Fsp3) is 0.190. The van der Waals surface area contributed by atoms with Crippen LogP contribution in [0, 0.1) is 0 Å². The molecule has 2 aromatic carbocycles. The molecule has 0 fully saturated rings. The summed E-state index contributed by atoms with van der Waals surface area (Å²) in [5.41, 5.74) is 2.68. The molecule has 2 heterocycles. The summed E-state index contributed by atoms with van der Waals surface area (Å²) in [6, 6.07) is 15.8. The van der Waals surface area contributed by atoms with Crippen LogP contribution in [0.4, 0.5) is 0 Å². The van der Waals surface area contributed by atoms with Gasteiger partial charge in [-0.1, -0.05) is 42.5 Å². The molecule has 3 aromatic rings. The van der Waals surface area contributed by atoms with Gasteiger partial charge >= 0.3 is 0 Å². The SMILES string of the molecule is CC(=O)N[C@H]1C(=O)n2c(nc3ccccc32)C(=C(C)O)[C@@H]1c1ccccc1. The van der Waals surface area contributed by atoms with Gasteiger partial charge in [-0.25, -0.2) is 4.98 Å². The summed E-state index contributed by atoms with van der Waals surface area (Å²) >= 11 is 0. The number of aromatic nitrogens is 2. The minimum absolute atomic E-state index is 0.0725. The first kappa shape index (κ1) is 17.0. The van der Waals surface area contributed by atoms with Crippen LogP contribution in [0.1, 0.15) is 35.9 Å². The molecule has 0 aliphatic carbocycles. The van der Waals surface area contributed by atoms with Crippen molar-refractivity contribution in [2.45, 2.75) is 25.8 Å². The van der Waals surface area contributed by atoms with Crippen molar-refractivity contribution in [3.63, 3.8) is 0 Å². The lowest BCUT2D eigenvalue weighted by atomic mass is 9.80. The molecule has 136 valence electrons. The van der Waals surface area contributed by atoms with E-state index in [1.165, 1.54) is 11.5 Å².